The fraction of sp³-hybridized carbons (Fsp3) is 0. The average molecular weight is 309 g/mol. The summed E-state index contributed by atoms with van der Waals surface area (Å²) in [4.78, 5) is 0.901. The Morgan fingerprint density at radius 1 is 0.895 bits per heavy atom. The smallest absolute Gasteiger partial charge is 0.207 e. The third-order valence-corrected chi connectivity index (χ3v) is 5.55. The number of benzene rings is 2. The topological polar surface area (TPSA) is 34.1 Å². The van der Waals surface area contributed by atoms with Crippen LogP contribution in [0.15, 0.2) is 59.5 Å². The maximum atomic E-state index is 11.9. The molecule has 0 bridgehead atoms. The first-order valence-corrected chi connectivity index (χ1v) is 8.71. The molecular formula is C14H9ClO2S2. The van der Waals surface area contributed by atoms with Crippen molar-refractivity contribution < 1.29 is 8.42 Å². The quantitative estimate of drug-likeness (QED) is 0.653. The first-order chi connectivity index (χ1) is 9.07. The monoisotopic (exact) mass is 308 g/mol. The summed E-state index contributed by atoms with van der Waals surface area (Å²) in [6.45, 7) is 0. The lowest BCUT2D eigenvalue weighted by atomic mass is 10.1. The highest BCUT2D eigenvalue weighted by Gasteiger charge is 2.23. The van der Waals surface area contributed by atoms with Gasteiger partial charge in [0.2, 0.25) is 0 Å². The van der Waals surface area contributed by atoms with E-state index < -0.39 is 9.05 Å². The number of rotatable bonds is 2. The van der Waals surface area contributed by atoms with Crippen molar-refractivity contribution in [2.24, 2.45) is 0 Å². The molecule has 5 heteroatoms. The molecule has 0 amide bonds. The molecule has 96 valence electrons. The predicted molar refractivity (Wildman–Crippen MR) is 80.3 cm³/mol. The second kappa shape index (κ2) is 4.63. The zero-order valence-corrected chi connectivity index (χ0v) is 12.1. The van der Waals surface area contributed by atoms with E-state index in [4.69, 9.17) is 10.7 Å². The van der Waals surface area contributed by atoms with E-state index in [0.29, 0.717) is 10.3 Å². The minimum atomic E-state index is -3.78. The molecular weight excluding hydrogens is 300 g/mol. The number of thiophene rings is 1. The first-order valence-electron chi connectivity index (χ1n) is 5.59. The Kier molecular flexibility index (Phi) is 3.09. The van der Waals surface area contributed by atoms with E-state index in [-0.39, 0.29) is 4.90 Å². The molecule has 0 atom stereocenters. The van der Waals surface area contributed by atoms with Gasteiger partial charge in [0.25, 0.3) is 9.05 Å². The van der Waals surface area contributed by atoms with Crippen molar-refractivity contribution in [2.75, 3.05) is 0 Å². The van der Waals surface area contributed by atoms with Gasteiger partial charge >= 0.3 is 0 Å². The molecule has 19 heavy (non-hydrogen) atoms. The van der Waals surface area contributed by atoms with Crippen LogP contribution in [0.25, 0.3) is 20.5 Å². The molecule has 2 nitrogen and oxygen atoms in total. The molecule has 0 unspecified atom stereocenters. The fourth-order valence-corrected chi connectivity index (χ4v) is 5.06. The maximum Gasteiger partial charge on any atom is 0.263 e. The highest BCUT2D eigenvalue weighted by Crippen LogP contribution is 2.42. The van der Waals surface area contributed by atoms with Crippen LogP contribution < -0.4 is 0 Å². The van der Waals surface area contributed by atoms with Crippen LogP contribution in [0.5, 0.6) is 0 Å². The normalized spacial score (nSPS) is 11.8. The Morgan fingerprint density at radius 3 is 2.21 bits per heavy atom. The van der Waals surface area contributed by atoms with Crippen LogP contribution in [0, 0.1) is 0 Å². The van der Waals surface area contributed by atoms with Crippen molar-refractivity contribution in [3.63, 3.8) is 0 Å². The number of hydrogen-bond acceptors (Lipinski definition) is 3. The molecule has 0 radical (unpaired) electrons. The van der Waals surface area contributed by atoms with Crippen LogP contribution in [0.3, 0.4) is 0 Å². The lowest BCUT2D eigenvalue weighted by molar-refractivity contribution is 0.611. The van der Waals surface area contributed by atoms with Crippen LogP contribution in [0.2, 0.25) is 0 Å². The van der Waals surface area contributed by atoms with E-state index >= 15 is 0 Å². The van der Waals surface area contributed by atoms with Crippen LogP contribution in [-0.4, -0.2) is 8.42 Å². The first kappa shape index (κ1) is 12.7. The number of fused-ring (bicyclic) bond motifs is 1. The Balaban J connectivity index is 2.43. The van der Waals surface area contributed by atoms with Gasteiger partial charge in [0.15, 0.2) is 0 Å². The van der Waals surface area contributed by atoms with E-state index in [9.17, 15) is 8.42 Å². The fourth-order valence-electron chi connectivity index (χ4n) is 2.04. The lowest BCUT2D eigenvalue weighted by Crippen LogP contribution is -1.91. The van der Waals surface area contributed by atoms with Crippen molar-refractivity contribution in [1.82, 2.24) is 0 Å². The zero-order valence-electron chi connectivity index (χ0n) is 9.71. The molecule has 0 aliphatic heterocycles. The minimum Gasteiger partial charge on any atom is -0.207 e. The summed E-state index contributed by atoms with van der Waals surface area (Å²) in [5.41, 5.74) is 0.864. The third-order valence-electron chi connectivity index (χ3n) is 2.83. The Labute approximate surface area is 119 Å². The second-order valence-electron chi connectivity index (χ2n) is 4.06. The average Bonchev–Trinajstić information content (AvgIpc) is 2.79. The lowest BCUT2D eigenvalue weighted by Gasteiger charge is -2.01. The van der Waals surface area contributed by atoms with Crippen LogP contribution >= 0.6 is 22.0 Å². The van der Waals surface area contributed by atoms with Crippen molar-refractivity contribution in [3.05, 3.63) is 54.6 Å². The van der Waals surface area contributed by atoms with Gasteiger partial charge in [-0.25, -0.2) is 8.42 Å². The maximum absolute atomic E-state index is 11.9. The molecule has 0 saturated heterocycles. The highest BCUT2D eigenvalue weighted by molar-refractivity contribution is 8.14. The van der Waals surface area contributed by atoms with E-state index in [0.717, 1.165) is 10.3 Å². The van der Waals surface area contributed by atoms with Crippen molar-refractivity contribution in [1.29, 1.82) is 0 Å². The van der Waals surface area contributed by atoms with E-state index in [1.54, 1.807) is 6.07 Å². The standard InChI is InChI=1S/C14H9ClO2S2/c15-19(16,17)14-11-8-4-5-9-12(11)18-13(14)10-6-2-1-3-7-10/h1-9H. The van der Waals surface area contributed by atoms with Crippen LogP contribution in [0.4, 0.5) is 0 Å². The van der Waals surface area contributed by atoms with Crippen LogP contribution in [-0.2, 0) is 9.05 Å². The van der Waals surface area contributed by atoms with Crippen molar-refractivity contribution in [3.8, 4) is 10.4 Å². The minimum absolute atomic E-state index is 0.209. The number of halogens is 1. The van der Waals surface area contributed by atoms with Gasteiger partial charge in [-0.3, -0.25) is 0 Å². The largest absolute Gasteiger partial charge is 0.263 e. The SMILES string of the molecule is O=S(=O)(Cl)c1c(-c2ccccc2)sc2ccccc12. The summed E-state index contributed by atoms with van der Waals surface area (Å²) in [7, 11) is 1.83. The summed E-state index contributed by atoms with van der Waals surface area (Å²) in [5, 5.41) is 0.682. The van der Waals surface area contributed by atoms with Gasteiger partial charge in [-0.15, -0.1) is 11.3 Å². The highest BCUT2D eigenvalue weighted by atomic mass is 35.7. The molecule has 1 heterocycles. The Bertz CT molecular complexity index is 836. The molecule has 2 aromatic carbocycles. The number of hydrogen-bond donors (Lipinski definition) is 0. The summed E-state index contributed by atoms with van der Waals surface area (Å²) in [6.07, 6.45) is 0. The summed E-state index contributed by atoms with van der Waals surface area (Å²) in [6, 6.07) is 16.8. The third kappa shape index (κ3) is 2.27. The van der Waals surface area contributed by atoms with Gasteiger partial charge in [0.1, 0.15) is 4.90 Å². The van der Waals surface area contributed by atoms with Gasteiger partial charge in [-0.1, -0.05) is 48.5 Å². The molecule has 3 aromatic rings. The van der Waals surface area contributed by atoms with Crippen molar-refractivity contribution in [2.45, 2.75) is 4.90 Å². The molecule has 0 aliphatic carbocycles. The second-order valence-corrected chi connectivity index (χ2v) is 7.62. The summed E-state index contributed by atoms with van der Waals surface area (Å²) >= 11 is 1.44. The van der Waals surface area contributed by atoms with Crippen molar-refractivity contribution >= 4 is 41.2 Å². The van der Waals surface area contributed by atoms with Crippen LogP contribution in [0.1, 0.15) is 0 Å². The molecule has 0 aliphatic rings. The van der Waals surface area contributed by atoms with Gasteiger partial charge in [0.05, 0.1) is 4.88 Å². The molecule has 0 saturated carbocycles. The van der Waals surface area contributed by atoms with E-state index in [2.05, 4.69) is 0 Å². The molecule has 0 spiro atoms. The molecule has 0 N–H and O–H groups in total. The van der Waals surface area contributed by atoms with Gasteiger partial charge in [-0.05, 0) is 11.6 Å². The van der Waals surface area contributed by atoms with Gasteiger partial charge in [-0.2, -0.15) is 0 Å². The van der Waals surface area contributed by atoms with Gasteiger partial charge in [0, 0.05) is 20.8 Å². The van der Waals surface area contributed by atoms with E-state index in [1.165, 1.54) is 11.3 Å². The van der Waals surface area contributed by atoms with E-state index in [1.807, 2.05) is 48.5 Å². The zero-order chi connectivity index (χ0) is 13.5. The molecule has 1 aromatic heterocycles. The molecule has 0 fully saturated rings. The van der Waals surface area contributed by atoms with Gasteiger partial charge < -0.3 is 0 Å². The molecule has 3 rings (SSSR count). The summed E-state index contributed by atoms with van der Waals surface area (Å²) in [5.74, 6) is 0. The Hall–Kier alpha value is -1.36. The summed E-state index contributed by atoms with van der Waals surface area (Å²) < 4.78 is 24.7. The Morgan fingerprint density at radius 2 is 1.53 bits per heavy atom. The predicted octanol–water partition coefficient (Wildman–Crippen LogP) is 4.50.